The van der Waals surface area contributed by atoms with Gasteiger partial charge in [-0.2, -0.15) is 0 Å². The van der Waals surface area contributed by atoms with Crippen LogP contribution in [-0.4, -0.2) is 36.4 Å². The zero-order valence-corrected chi connectivity index (χ0v) is 16.4. The van der Waals surface area contributed by atoms with E-state index >= 15 is 0 Å². The summed E-state index contributed by atoms with van der Waals surface area (Å²) in [6.07, 6.45) is 0. The number of thiazole rings is 1. The Balaban J connectivity index is 1.46. The number of halogens is 1. The van der Waals surface area contributed by atoms with Gasteiger partial charge in [-0.3, -0.25) is 0 Å². The van der Waals surface area contributed by atoms with Gasteiger partial charge in [0.25, 0.3) is 0 Å². The normalized spacial score (nSPS) is 14.4. The van der Waals surface area contributed by atoms with Crippen molar-refractivity contribution in [2.45, 2.75) is 6.92 Å². The highest BCUT2D eigenvalue weighted by molar-refractivity contribution is 7.80. The smallest absolute Gasteiger partial charge is 0.186 e. The van der Waals surface area contributed by atoms with Gasteiger partial charge < -0.3 is 20.3 Å². The van der Waals surface area contributed by atoms with Crippen LogP contribution in [0.4, 0.5) is 20.9 Å². The maximum atomic E-state index is 13.7. The third-order valence-electron chi connectivity index (χ3n) is 4.35. The molecule has 1 aromatic heterocycles. The Morgan fingerprint density at radius 1 is 1.15 bits per heavy atom. The molecule has 0 bridgehead atoms. The summed E-state index contributed by atoms with van der Waals surface area (Å²) in [7, 11) is 0. The Kier molecular flexibility index (Phi) is 5.20. The second kappa shape index (κ2) is 7.75. The predicted octanol–water partition coefficient (Wildman–Crippen LogP) is 4.39. The number of thiocarbonyl (C=S) groups is 1. The van der Waals surface area contributed by atoms with E-state index in [1.807, 2.05) is 18.2 Å². The van der Waals surface area contributed by atoms with Gasteiger partial charge in [-0.1, -0.05) is 17.4 Å². The van der Waals surface area contributed by atoms with Crippen molar-refractivity contribution in [1.82, 2.24) is 4.98 Å². The number of nitrogens with one attached hydrogen (secondary N) is 2. The van der Waals surface area contributed by atoms with Crippen LogP contribution in [0, 0.1) is 12.7 Å². The predicted molar refractivity (Wildman–Crippen MR) is 114 cm³/mol. The van der Waals surface area contributed by atoms with Gasteiger partial charge in [0.05, 0.1) is 23.4 Å². The number of hydrogen-bond acceptors (Lipinski definition) is 5. The van der Waals surface area contributed by atoms with E-state index in [0.717, 1.165) is 47.3 Å². The van der Waals surface area contributed by atoms with Gasteiger partial charge in [-0.15, -0.1) is 0 Å². The molecule has 2 heterocycles. The molecular formula is C19H19FN4OS2. The number of hydrogen-bond donors (Lipinski definition) is 2. The second-order valence-corrected chi connectivity index (χ2v) is 7.74. The largest absolute Gasteiger partial charge is 0.378 e. The fourth-order valence-corrected chi connectivity index (χ4v) is 4.14. The molecule has 140 valence electrons. The van der Waals surface area contributed by atoms with E-state index in [4.69, 9.17) is 21.9 Å². The number of anilines is 3. The minimum Gasteiger partial charge on any atom is -0.378 e. The molecule has 0 amide bonds. The van der Waals surface area contributed by atoms with Crippen LogP contribution in [0.5, 0.6) is 0 Å². The van der Waals surface area contributed by atoms with Gasteiger partial charge in [-0.05, 0) is 55.0 Å². The third-order valence-corrected chi connectivity index (χ3v) is 5.63. The van der Waals surface area contributed by atoms with Gasteiger partial charge >= 0.3 is 0 Å². The van der Waals surface area contributed by atoms with Gasteiger partial charge in [0, 0.05) is 24.5 Å². The SMILES string of the molecule is Cc1ccc(NC(=S)Nc2ccc3nc(N4CCOCC4)sc3c2)cc1F. The standard InChI is InChI=1S/C19H19FN4OS2/c1-12-2-3-13(10-15(12)20)21-18(26)22-14-4-5-16-17(11-14)27-19(23-16)24-6-8-25-9-7-24/h2-5,10-11H,6-9H2,1H3,(H2,21,22,26). The highest BCUT2D eigenvalue weighted by Gasteiger charge is 2.15. The van der Waals surface area contributed by atoms with Crippen LogP contribution in [0.1, 0.15) is 5.56 Å². The molecule has 2 N–H and O–H groups in total. The van der Waals surface area contributed by atoms with E-state index in [1.165, 1.54) is 6.07 Å². The average molecular weight is 403 g/mol. The Morgan fingerprint density at radius 2 is 1.85 bits per heavy atom. The van der Waals surface area contributed by atoms with E-state index in [0.29, 0.717) is 16.4 Å². The van der Waals surface area contributed by atoms with Crippen molar-refractivity contribution in [1.29, 1.82) is 0 Å². The zero-order chi connectivity index (χ0) is 18.8. The number of nitrogens with zero attached hydrogens (tertiary/aromatic N) is 2. The van der Waals surface area contributed by atoms with Crippen molar-refractivity contribution in [2.24, 2.45) is 0 Å². The fourth-order valence-electron chi connectivity index (χ4n) is 2.84. The third kappa shape index (κ3) is 4.18. The summed E-state index contributed by atoms with van der Waals surface area (Å²) in [6.45, 7) is 4.94. The molecule has 8 heteroatoms. The van der Waals surface area contributed by atoms with Crippen LogP contribution in [0.25, 0.3) is 10.2 Å². The van der Waals surface area contributed by atoms with Crippen LogP contribution in [0.15, 0.2) is 36.4 Å². The number of benzene rings is 2. The summed E-state index contributed by atoms with van der Waals surface area (Å²) >= 11 is 7.00. The van der Waals surface area contributed by atoms with Crippen LogP contribution >= 0.6 is 23.6 Å². The Hall–Kier alpha value is -2.29. The van der Waals surface area contributed by atoms with Crippen LogP contribution in [-0.2, 0) is 4.74 Å². The number of morpholine rings is 1. The average Bonchev–Trinajstić information content (AvgIpc) is 3.09. The first kappa shape index (κ1) is 18.1. The topological polar surface area (TPSA) is 49.4 Å². The fraction of sp³-hybridized carbons (Fsp3) is 0.263. The quantitative estimate of drug-likeness (QED) is 0.634. The molecule has 0 spiro atoms. The Bertz CT molecular complexity index is 985. The lowest BCUT2D eigenvalue weighted by Gasteiger charge is -2.25. The van der Waals surface area contributed by atoms with Crippen LogP contribution in [0.2, 0.25) is 0 Å². The van der Waals surface area contributed by atoms with Crippen molar-refractivity contribution in [3.05, 3.63) is 47.8 Å². The number of aryl methyl sites for hydroxylation is 1. The van der Waals surface area contributed by atoms with Crippen molar-refractivity contribution in [3.63, 3.8) is 0 Å². The van der Waals surface area contributed by atoms with Gasteiger partial charge in [0.1, 0.15) is 5.82 Å². The molecule has 2 aromatic carbocycles. The molecule has 27 heavy (non-hydrogen) atoms. The molecule has 1 aliphatic rings. The molecule has 0 unspecified atom stereocenters. The first-order valence-electron chi connectivity index (χ1n) is 8.66. The van der Waals surface area contributed by atoms with Crippen molar-refractivity contribution >= 4 is 55.4 Å². The summed E-state index contributed by atoms with van der Waals surface area (Å²) in [5.74, 6) is -0.260. The maximum absolute atomic E-state index is 13.7. The van der Waals surface area contributed by atoms with Crippen LogP contribution in [0.3, 0.4) is 0 Å². The lowest BCUT2D eigenvalue weighted by Crippen LogP contribution is -2.36. The molecule has 4 rings (SSSR count). The molecule has 1 fully saturated rings. The molecule has 3 aromatic rings. The van der Waals surface area contributed by atoms with E-state index in [-0.39, 0.29) is 5.82 Å². The van der Waals surface area contributed by atoms with Gasteiger partial charge in [-0.25, -0.2) is 9.37 Å². The summed E-state index contributed by atoms with van der Waals surface area (Å²) in [6, 6.07) is 10.9. The molecule has 0 radical (unpaired) electrons. The molecule has 1 aliphatic heterocycles. The maximum Gasteiger partial charge on any atom is 0.186 e. The van der Waals surface area contributed by atoms with Crippen molar-refractivity contribution in [2.75, 3.05) is 41.8 Å². The zero-order valence-electron chi connectivity index (χ0n) is 14.8. The van der Waals surface area contributed by atoms with E-state index in [1.54, 1.807) is 30.4 Å². The first-order valence-corrected chi connectivity index (χ1v) is 9.88. The summed E-state index contributed by atoms with van der Waals surface area (Å²) in [4.78, 5) is 6.96. The highest BCUT2D eigenvalue weighted by atomic mass is 32.1. The number of ether oxygens (including phenoxy) is 1. The van der Waals surface area contributed by atoms with Crippen molar-refractivity contribution in [3.8, 4) is 0 Å². The van der Waals surface area contributed by atoms with E-state index < -0.39 is 0 Å². The number of aromatic nitrogens is 1. The molecule has 0 saturated carbocycles. The second-order valence-electron chi connectivity index (χ2n) is 6.32. The Labute approximate surface area is 166 Å². The minimum absolute atomic E-state index is 0.260. The monoisotopic (exact) mass is 402 g/mol. The van der Waals surface area contributed by atoms with Crippen LogP contribution < -0.4 is 15.5 Å². The van der Waals surface area contributed by atoms with E-state index in [2.05, 4.69) is 15.5 Å². The molecule has 5 nitrogen and oxygen atoms in total. The van der Waals surface area contributed by atoms with E-state index in [9.17, 15) is 4.39 Å². The van der Waals surface area contributed by atoms with Crippen molar-refractivity contribution < 1.29 is 9.13 Å². The lowest BCUT2D eigenvalue weighted by atomic mass is 10.2. The number of fused-ring (bicyclic) bond motifs is 1. The summed E-state index contributed by atoms with van der Waals surface area (Å²) in [5.41, 5.74) is 3.05. The highest BCUT2D eigenvalue weighted by Crippen LogP contribution is 2.31. The summed E-state index contributed by atoms with van der Waals surface area (Å²) in [5, 5.41) is 7.59. The Morgan fingerprint density at radius 3 is 2.59 bits per heavy atom. The van der Waals surface area contributed by atoms with Gasteiger partial charge in [0.2, 0.25) is 0 Å². The first-order chi connectivity index (χ1) is 13.1. The molecule has 1 saturated heterocycles. The molecular weight excluding hydrogens is 383 g/mol. The van der Waals surface area contributed by atoms with Gasteiger partial charge in [0.15, 0.2) is 10.2 Å². The minimum atomic E-state index is -0.260. The lowest BCUT2D eigenvalue weighted by molar-refractivity contribution is 0.122. The number of rotatable bonds is 3. The summed E-state index contributed by atoms with van der Waals surface area (Å²) < 4.78 is 20.2. The molecule has 0 aliphatic carbocycles. The molecule has 0 atom stereocenters.